The lowest BCUT2D eigenvalue weighted by molar-refractivity contribution is 0.396. The summed E-state index contributed by atoms with van der Waals surface area (Å²) in [5, 5.41) is 5.67. The number of rotatable bonds is 6. The molecular weight excluding hydrogens is 322 g/mol. The minimum atomic E-state index is 0.284. The highest BCUT2D eigenvalue weighted by Gasteiger charge is 2.34. The van der Waals surface area contributed by atoms with Gasteiger partial charge in [-0.05, 0) is 31.2 Å². The van der Waals surface area contributed by atoms with Gasteiger partial charge in [0.2, 0.25) is 0 Å². The van der Waals surface area contributed by atoms with Crippen LogP contribution in [0.15, 0.2) is 18.2 Å². The molecule has 0 aliphatic carbocycles. The smallest absolute Gasteiger partial charge is 0.123 e. The predicted octanol–water partition coefficient (Wildman–Crippen LogP) is 4.63. The third-order valence-electron chi connectivity index (χ3n) is 3.77. The van der Waals surface area contributed by atoms with E-state index in [0.29, 0.717) is 10.5 Å². The molecule has 0 aromatic heterocycles. The first kappa shape index (κ1) is 17.3. The number of methoxy groups -OCH3 is 1. The largest absolute Gasteiger partial charge is 0.496 e. The van der Waals surface area contributed by atoms with Crippen molar-refractivity contribution in [1.82, 2.24) is 5.32 Å². The van der Waals surface area contributed by atoms with Crippen molar-refractivity contribution in [3.05, 3.63) is 28.8 Å². The van der Waals surface area contributed by atoms with Crippen LogP contribution in [0.25, 0.3) is 0 Å². The molecule has 1 aromatic carbocycles. The van der Waals surface area contributed by atoms with Crippen LogP contribution in [-0.4, -0.2) is 35.7 Å². The number of halogens is 1. The number of thioether (sulfide) groups is 2. The Morgan fingerprint density at radius 3 is 2.76 bits per heavy atom. The molecule has 3 unspecified atom stereocenters. The maximum absolute atomic E-state index is 6.23. The van der Waals surface area contributed by atoms with Gasteiger partial charge in [0.1, 0.15) is 5.75 Å². The zero-order valence-electron chi connectivity index (χ0n) is 12.9. The molecule has 0 amide bonds. The average Bonchev–Trinajstić information content (AvgIpc) is 2.52. The molecule has 21 heavy (non-hydrogen) atoms. The van der Waals surface area contributed by atoms with Gasteiger partial charge in [0.15, 0.2) is 0 Å². The zero-order valence-corrected chi connectivity index (χ0v) is 15.3. The van der Waals surface area contributed by atoms with E-state index in [9.17, 15) is 0 Å². The molecular formula is C16H24ClNOS2. The van der Waals surface area contributed by atoms with Crippen molar-refractivity contribution in [2.75, 3.05) is 25.2 Å². The van der Waals surface area contributed by atoms with Crippen LogP contribution in [-0.2, 0) is 0 Å². The summed E-state index contributed by atoms with van der Waals surface area (Å²) in [6, 6.07) is 6.21. The van der Waals surface area contributed by atoms with Crippen molar-refractivity contribution in [2.24, 2.45) is 0 Å². The molecule has 1 aliphatic rings. The maximum Gasteiger partial charge on any atom is 0.123 e. The fourth-order valence-electron chi connectivity index (χ4n) is 2.82. The van der Waals surface area contributed by atoms with E-state index in [1.54, 1.807) is 7.11 Å². The molecule has 118 valence electrons. The van der Waals surface area contributed by atoms with Gasteiger partial charge in [-0.25, -0.2) is 0 Å². The quantitative estimate of drug-likeness (QED) is 0.811. The summed E-state index contributed by atoms with van der Waals surface area (Å²) in [6.45, 7) is 5.39. The minimum absolute atomic E-state index is 0.284. The van der Waals surface area contributed by atoms with Crippen LogP contribution >= 0.6 is 35.1 Å². The summed E-state index contributed by atoms with van der Waals surface area (Å²) in [5.74, 6) is 3.40. The van der Waals surface area contributed by atoms with Crippen molar-refractivity contribution < 1.29 is 4.74 Å². The molecule has 1 N–H and O–H groups in total. The fourth-order valence-corrected chi connectivity index (χ4v) is 6.24. The van der Waals surface area contributed by atoms with E-state index in [1.165, 1.54) is 23.5 Å². The van der Waals surface area contributed by atoms with Crippen LogP contribution in [0, 0.1) is 0 Å². The molecule has 1 aromatic rings. The van der Waals surface area contributed by atoms with Crippen LogP contribution < -0.4 is 10.1 Å². The third-order valence-corrected chi connectivity index (χ3v) is 7.36. The number of nitrogens with one attached hydrogen (secondary N) is 1. The van der Waals surface area contributed by atoms with Crippen LogP contribution in [0.1, 0.15) is 31.9 Å². The van der Waals surface area contributed by atoms with Gasteiger partial charge in [0, 0.05) is 38.6 Å². The second kappa shape index (κ2) is 8.56. The van der Waals surface area contributed by atoms with Crippen LogP contribution in [0.2, 0.25) is 5.02 Å². The highest BCUT2D eigenvalue weighted by atomic mass is 35.5. The monoisotopic (exact) mass is 345 g/mol. The molecule has 2 rings (SSSR count). The van der Waals surface area contributed by atoms with Crippen molar-refractivity contribution in [3.63, 3.8) is 0 Å². The average molecular weight is 346 g/mol. The summed E-state index contributed by atoms with van der Waals surface area (Å²) in [5.41, 5.74) is 1.19. The molecule has 1 aliphatic heterocycles. The lowest BCUT2D eigenvalue weighted by Gasteiger charge is -2.37. The molecule has 0 spiro atoms. The molecule has 1 heterocycles. The fraction of sp³-hybridized carbons (Fsp3) is 0.625. The lowest BCUT2D eigenvalue weighted by Crippen LogP contribution is -2.38. The first-order valence-corrected chi connectivity index (χ1v) is 9.98. The minimum Gasteiger partial charge on any atom is -0.496 e. The first-order valence-electron chi connectivity index (χ1n) is 7.51. The number of hydrogen-bond acceptors (Lipinski definition) is 4. The Kier molecular flexibility index (Phi) is 7.06. The van der Waals surface area contributed by atoms with Gasteiger partial charge < -0.3 is 10.1 Å². The molecule has 1 fully saturated rings. The highest BCUT2D eigenvalue weighted by Crippen LogP contribution is 2.42. The first-order chi connectivity index (χ1) is 10.2. The van der Waals surface area contributed by atoms with Crippen molar-refractivity contribution in [1.29, 1.82) is 0 Å². The lowest BCUT2D eigenvalue weighted by atomic mass is 9.99. The van der Waals surface area contributed by atoms with Gasteiger partial charge in [-0.2, -0.15) is 23.5 Å². The van der Waals surface area contributed by atoms with Gasteiger partial charge in [0.25, 0.3) is 0 Å². The van der Waals surface area contributed by atoms with Crippen molar-refractivity contribution in [3.8, 4) is 5.75 Å². The normalized spacial score (nSPS) is 23.8. The second-order valence-electron chi connectivity index (χ2n) is 5.07. The topological polar surface area (TPSA) is 21.3 Å². The third kappa shape index (κ3) is 4.25. The van der Waals surface area contributed by atoms with Crippen molar-refractivity contribution >= 4 is 35.1 Å². The summed E-state index contributed by atoms with van der Waals surface area (Å²) in [7, 11) is 1.73. The van der Waals surface area contributed by atoms with E-state index >= 15 is 0 Å². The molecule has 0 radical (unpaired) electrons. The van der Waals surface area contributed by atoms with Gasteiger partial charge >= 0.3 is 0 Å². The summed E-state index contributed by atoms with van der Waals surface area (Å²) in [6.07, 6.45) is 1.20. The van der Waals surface area contributed by atoms with E-state index in [-0.39, 0.29) is 6.04 Å². The second-order valence-corrected chi connectivity index (χ2v) is 8.14. The summed E-state index contributed by atoms with van der Waals surface area (Å²) in [4.78, 5) is 0. The van der Waals surface area contributed by atoms with Crippen molar-refractivity contribution in [2.45, 2.75) is 36.8 Å². The Bertz CT molecular complexity index is 458. The maximum atomic E-state index is 6.23. The summed E-state index contributed by atoms with van der Waals surface area (Å²) < 4.78 is 5.57. The number of benzene rings is 1. The van der Waals surface area contributed by atoms with Gasteiger partial charge in [-0.15, -0.1) is 0 Å². The number of ether oxygens (including phenoxy) is 1. The molecule has 2 nitrogen and oxygen atoms in total. The highest BCUT2D eigenvalue weighted by molar-refractivity contribution is 8.07. The van der Waals surface area contributed by atoms with Gasteiger partial charge in [-0.3, -0.25) is 0 Å². The Morgan fingerprint density at radius 1 is 1.33 bits per heavy atom. The SMILES string of the molecule is CCNC(c1cc(Cl)ccc1OC)C1SCCSC1CC. The van der Waals surface area contributed by atoms with E-state index in [1.807, 2.05) is 12.1 Å². The molecule has 0 saturated carbocycles. The van der Waals surface area contributed by atoms with Gasteiger partial charge in [-0.1, -0.05) is 25.4 Å². The summed E-state index contributed by atoms with van der Waals surface area (Å²) >= 11 is 10.4. The zero-order chi connectivity index (χ0) is 15.2. The van der Waals surface area contributed by atoms with E-state index in [2.05, 4.69) is 48.8 Å². The van der Waals surface area contributed by atoms with Gasteiger partial charge in [0.05, 0.1) is 7.11 Å². The van der Waals surface area contributed by atoms with E-state index in [0.717, 1.165) is 17.3 Å². The molecule has 5 heteroatoms. The van der Waals surface area contributed by atoms with E-state index < -0.39 is 0 Å². The molecule has 0 bridgehead atoms. The van der Waals surface area contributed by atoms with Crippen LogP contribution in [0.4, 0.5) is 0 Å². The Labute approximate surface area is 141 Å². The Hall–Kier alpha value is -0.0300. The van der Waals surface area contributed by atoms with Crippen LogP contribution in [0.3, 0.4) is 0 Å². The predicted molar refractivity (Wildman–Crippen MR) is 97.2 cm³/mol. The Balaban J connectivity index is 2.35. The Morgan fingerprint density at radius 2 is 2.10 bits per heavy atom. The van der Waals surface area contributed by atoms with Crippen LogP contribution in [0.5, 0.6) is 5.75 Å². The standard InChI is InChI=1S/C16H24ClNOS2/c1-4-14-16(21-9-8-20-14)15(18-5-2)12-10-11(17)6-7-13(12)19-3/h6-7,10,14-16,18H,4-5,8-9H2,1-3H3. The van der Waals surface area contributed by atoms with E-state index in [4.69, 9.17) is 16.3 Å². The number of hydrogen-bond donors (Lipinski definition) is 1. The molecule has 1 saturated heterocycles. The molecule has 3 atom stereocenters.